The number of fused-ring (bicyclic) bond motifs is 1. The highest BCUT2D eigenvalue weighted by Crippen LogP contribution is 2.39. The van der Waals surface area contributed by atoms with Crippen LogP contribution < -0.4 is 0 Å². The summed E-state index contributed by atoms with van der Waals surface area (Å²) in [5, 5.41) is 21.8. The second kappa shape index (κ2) is 7.97. The van der Waals surface area contributed by atoms with E-state index in [2.05, 4.69) is 15.2 Å². The van der Waals surface area contributed by atoms with Crippen LogP contribution in [0.5, 0.6) is 5.88 Å². The van der Waals surface area contributed by atoms with Crippen LogP contribution in [0.15, 0.2) is 64.1 Å². The third-order valence-electron chi connectivity index (χ3n) is 4.67. The molecule has 0 spiro atoms. The quantitative estimate of drug-likeness (QED) is 0.436. The van der Waals surface area contributed by atoms with Crippen molar-refractivity contribution in [1.29, 1.82) is 0 Å². The Labute approximate surface area is 172 Å². The van der Waals surface area contributed by atoms with Crippen LogP contribution in [0.1, 0.15) is 17.5 Å². The lowest BCUT2D eigenvalue weighted by Gasteiger charge is -2.01. The smallest absolute Gasteiger partial charge is 0.271 e. The van der Waals surface area contributed by atoms with Gasteiger partial charge in [0.1, 0.15) is 5.01 Å². The first-order valence-corrected chi connectivity index (χ1v) is 10.2. The lowest BCUT2D eigenvalue weighted by molar-refractivity contribution is -0.117. The highest BCUT2D eigenvalue weighted by molar-refractivity contribution is 7.10. The van der Waals surface area contributed by atoms with E-state index in [0.29, 0.717) is 17.2 Å². The van der Waals surface area contributed by atoms with Gasteiger partial charge in [-0.2, -0.15) is 0 Å². The summed E-state index contributed by atoms with van der Waals surface area (Å²) in [5.41, 5.74) is 4.09. The van der Waals surface area contributed by atoms with E-state index < -0.39 is 5.91 Å². The molecule has 1 amide bonds. The number of azo groups is 1. The average Bonchev–Trinajstić information content (AvgIpc) is 3.29. The molecule has 2 heterocycles. The van der Waals surface area contributed by atoms with Crippen LogP contribution in [0.25, 0.3) is 22.2 Å². The zero-order chi connectivity index (χ0) is 20.4. The third-order valence-corrected chi connectivity index (χ3v) is 5.52. The monoisotopic (exact) mass is 404 g/mol. The number of nitrogens with zero attached hydrogens (tertiary/aromatic N) is 4. The molecule has 0 fully saturated rings. The molecule has 0 bridgehead atoms. The molecule has 0 unspecified atom stereocenters. The first-order chi connectivity index (χ1) is 14.1. The number of amides is 1. The van der Waals surface area contributed by atoms with E-state index in [1.54, 1.807) is 4.57 Å². The van der Waals surface area contributed by atoms with Crippen molar-refractivity contribution in [2.45, 2.75) is 26.8 Å². The number of rotatable bonds is 5. The van der Waals surface area contributed by atoms with Crippen molar-refractivity contribution in [2.75, 3.05) is 0 Å². The zero-order valence-corrected chi connectivity index (χ0v) is 17.0. The van der Waals surface area contributed by atoms with Gasteiger partial charge in [0.05, 0.1) is 17.6 Å². The summed E-state index contributed by atoms with van der Waals surface area (Å²) >= 11 is 1.42. The lowest BCUT2D eigenvalue weighted by atomic mass is 10.1. The summed E-state index contributed by atoms with van der Waals surface area (Å²) in [6, 6.07) is 15.7. The molecule has 0 saturated carbocycles. The Kier molecular flexibility index (Phi) is 5.22. The van der Waals surface area contributed by atoms with Gasteiger partial charge in [-0.25, -0.2) is 4.98 Å². The minimum Gasteiger partial charge on any atom is -0.493 e. The summed E-state index contributed by atoms with van der Waals surface area (Å²) < 4.78 is 1.75. The number of carbonyl (C=O) groups is 1. The summed E-state index contributed by atoms with van der Waals surface area (Å²) in [7, 11) is 0. The second-order valence-corrected chi connectivity index (χ2v) is 7.64. The molecular formula is C22H20N4O2S. The van der Waals surface area contributed by atoms with E-state index in [0.717, 1.165) is 27.7 Å². The molecule has 0 aliphatic carbocycles. The normalized spacial score (nSPS) is 11.5. The van der Waals surface area contributed by atoms with E-state index in [-0.39, 0.29) is 12.3 Å². The Bertz CT molecular complexity index is 1210. The summed E-state index contributed by atoms with van der Waals surface area (Å²) in [5.74, 6) is -0.381. The number of hydrogen-bond acceptors (Lipinski definition) is 5. The van der Waals surface area contributed by atoms with Crippen LogP contribution >= 0.6 is 11.3 Å². The third kappa shape index (κ3) is 3.82. The fraction of sp³-hybridized carbons (Fsp3) is 0.182. The summed E-state index contributed by atoms with van der Waals surface area (Å²) in [6.07, 6.45) is 0.0766. The minimum absolute atomic E-state index is 0.0188. The topological polar surface area (TPSA) is 79.8 Å². The maximum Gasteiger partial charge on any atom is 0.271 e. The standard InChI is InChI=1S/C22H20N4O2S/c1-3-26-18-10-9-14(2)11-16(18)21(22(26)28)25-24-19(27)12-20-23-17(13-29-20)15-7-5-4-6-8-15/h4-11,13,28H,3,12H2,1-2H3. The Morgan fingerprint density at radius 2 is 2.00 bits per heavy atom. The number of aromatic hydroxyl groups is 1. The van der Waals surface area contributed by atoms with Gasteiger partial charge < -0.3 is 9.67 Å². The number of benzene rings is 2. The second-order valence-electron chi connectivity index (χ2n) is 6.70. The van der Waals surface area contributed by atoms with Crippen LogP contribution in [0.4, 0.5) is 5.69 Å². The van der Waals surface area contributed by atoms with Gasteiger partial charge in [-0.1, -0.05) is 42.0 Å². The Morgan fingerprint density at radius 3 is 2.76 bits per heavy atom. The Balaban J connectivity index is 1.56. The van der Waals surface area contributed by atoms with E-state index in [1.807, 2.05) is 67.8 Å². The SMILES string of the molecule is CCn1c(O)c(N=NC(=O)Cc2nc(-c3ccccc3)cs2)c2cc(C)ccc21. The van der Waals surface area contributed by atoms with E-state index in [4.69, 9.17) is 0 Å². The molecule has 2 aromatic carbocycles. The van der Waals surface area contributed by atoms with Crippen LogP contribution in [-0.4, -0.2) is 20.6 Å². The number of aromatic nitrogens is 2. The minimum atomic E-state index is -0.400. The first-order valence-electron chi connectivity index (χ1n) is 9.33. The molecule has 7 heteroatoms. The summed E-state index contributed by atoms with van der Waals surface area (Å²) in [6.45, 7) is 4.51. The zero-order valence-electron chi connectivity index (χ0n) is 16.2. The van der Waals surface area contributed by atoms with Crippen molar-refractivity contribution in [3.8, 4) is 17.1 Å². The molecule has 0 radical (unpaired) electrons. The molecule has 0 atom stereocenters. The van der Waals surface area contributed by atoms with Crippen molar-refractivity contribution >= 4 is 33.8 Å². The fourth-order valence-electron chi connectivity index (χ4n) is 3.26. The highest BCUT2D eigenvalue weighted by Gasteiger charge is 2.16. The van der Waals surface area contributed by atoms with Gasteiger partial charge in [0.2, 0.25) is 5.88 Å². The van der Waals surface area contributed by atoms with Crippen molar-refractivity contribution < 1.29 is 9.90 Å². The fourth-order valence-corrected chi connectivity index (χ4v) is 4.05. The van der Waals surface area contributed by atoms with E-state index in [9.17, 15) is 9.90 Å². The lowest BCUT2D eigenvalue weighted by Crippen LogP contribution is -1.97. The van der Waals surface area contributed by atoms with Crippen molar-refractivity contribution in [3.63, 3.8) is 0 Å². The van der Waals surface area contributed by atoms with Crippen molar-refractivity contribution in [2.24, 2.45) is 10.2 Å². The van der Waals surface area contributed by atoms with Gasteiger partial charge in [-0.05, 0) is 26.0 Å². The molecule has 0 aliphatic heterocycles. The Hall–Kier alpha value is -3.32. The van der Waals surface area contributed by atoms with Gasteiger partial charge in [0, 0.05) is 22.9 Å². The number of thiazole rings is 1. The maximum atomic E-state index is 12.3. The predicted molar refractivity (Wildman–Crippen MR) is 115 cm³/mol. The molecule has 146 valence electrons. The molecule has 29 heavy (non-hydrogen) atoms. The van der Waals surface area contributed by atoms with Crippen LogP contribution in [0, 0.1) is 6.92 Å². The number of aryl methyl sites for hydroxylation is 2. The predicted octanol–water partition coefficient (Wildman–Crippen LogP) is 5.65. The van der Waals surface area contributed by atoms with Crippen molar-refractivity contribution in [3.05, 3.63) is 64.5 Å². The molecule has 6 nitrogen and oxygen atoms in total. The molecule has 4 rings (SSSR count). The van der Waals surface area contributed by atoms with Gasteiger partial charge in [-0.3, -0.25) is 4.79 Å². The Morgan fingerprint density at radius 1 is 1.21 bits per heavy atom. The number of hydrogen-bond donors (Lipinski definition) is 1. The largest absolute Gasteiger partial charge is 0.493 e. The van der Waals surface area contributed by atoms with E-state index >= 15 is 0 Å². The van der Waals surface area contributed by atoms with Crippen LogP contribution in [0.3, 0.4) is 0 Å². The van der Waals surface area contributed by atoms with E-state index in [1.165, 1.54) is 11.3 Å². The van der Waals surface area contributed by atoms with Crippen LogP contribution in [-0.2, 0) is 17.8 Å². The summed E-state index contributed by atoms with van der Waals surface area (Å²) in [4.78, 5) is 16.9. The first kappa shape index (κ1) is 19.0. The maximum absolute atomic E-state index is 12.3. The average molecular weight is 404 g/mol. The number of carbonyl (C=O) groups excluding carboxylic acids is 1. The molecule has 2 aromatic heterocycles. The molecule has 0 aliphatic rings. The van der Waals surface area contributed by atoms with Crippen molar-refractivity contribution in [1.82, 2.24) is 9.55 Å². The molecule has 0 saturated heterocycles. The highest BCUT2D eigenvalue weighted by atomic mass is 32.1. The molecular weight excluding hydrogens is 384 g/mol. The van der Waals surface area contributed by atoms with Gasteiger partial charge in [0.15, 0.2) is 5.69 Å². The van der Waals surface area contributed by atoms with Gasteiger partial charge in [-0.15, -0.1) is 21.6 Å². The molecule has 4 aromatic rings. The van der Waals surface area contributed by atoms with Crippen LogP contribution in [0.2, 0.25) is 0 Å². The van der Waals surface area contributed by atoms with Gasteiger partial charge in [0.25, 0.3) is 5.91 Å². The molecule has 1 N–H and O–H groups in total. The van der Waals surface area contributed by atoms with Gasteiger partial charge >= 0.3 is 0 Å².